The predicted molar refractivity (Wildman–Crippen MR) is 444 cm³/mol. The van der Waals surface area contributed by atoms with Crippen LogP contribution in [0.1, 0.15) is 0 Å². The van der Waals surface area contributed by atoms with Gasteiger partial charge in [-0.2, -0.15) is 0 Å². The first-order valence-electron chi connectivity index (χ1n) is 36.3. The van der Waals surface area contributed by atoms with Crippen LogP contribution in [-0.2, 0) is 0 Å². The van der Waals surface area contributed by atoms with Crippen LogP contribution in [0.3, 0.4) is 0 Å². The van der Waals surface area contributed by atoms with Crippen LogP contribution in [0.25, 0.3) is 211 Å². The molecule has 0 aliphatic heterocycles. The highest BCUT2D eigenvalue weighted by Gasteiger charge is 2.23. The van der Waals surface area contributed by atoms with Gasteiger partial charge in [0.05, 0.1) is 56.0 Å². The van der Waals surface area contributed by atoms with E-state index >= 15 is 0 Å². The molecule has 0 radical (unpaired) electrons. The van der Waals surface area contributed by atoms with Crippen molar-refractivity contribution in [1.29, 1.82) is 0 Å². The average Bonchev–Trinajstić information content (AvgIpc) is 1.53. The van der Waals surface area contributed by atoms with E-state index in [2.05, 4.69) is 291 Å². The Morgan fingerprint density at radius 3 is 0.889 bits per heavy atom. The van der Waals surface area contributed by atoms with Crippen LogP contribution in [0.15, 0.2) is 385 Å². The second kappa shape index (κ2) is 26.9. The van der Waals surface area contributed by atoms with E-state index in [-0.39, 0.29) is 0 Å². The summed E-state index contributed by atoms with van der Waals surface area (Å²) in [5.74, 6) is 1.34. The van der Waals surface area contributed by atoms with Crippen LogP contribution < -0.4 is 0 Å². The first-order valence-corrected chi connectivity index (χ1v) is 36.3. The molecule has 6 heterocycles. The molecule has 0 aliphatic rings. The van der Waals surface area contributed by atoms with E-state index in [0.29, 0.717) is 11.6 Å². The molecule has 0 fully saturated rings. The highest BCUT2D eigenvalue weighted by Crippen LogP contribution is 2.45. The number of nitrogens with zero attached hydrogens (tertiary/aromatic N) is 6. The zero-order valence-electron chi connectivity index (χ0n) is 58.3. The Morgan fingerprint density at radius 1 is 0.185 bits per heavy atom. The van der Waals surface area contributed by atoms with E-state index < -0.39 is 0 Å². The van der Waals surface area contributed by atoms with Gasteiger partial charge in [-0.3, -0.25) is 0 Å². The van der Waals surface area contributed by atoms with Crippen molar-refractivity contribution in [2.75, 3.05) is 0 Å². The molecule has 0 saturated carbocycles. The topological polar surface area (TPSA) is 104 Å². The van der Waals surface area contributed by atoms with Crippen molar-refractivity contribution in [2.45, 2.75) is 0 Å². The standard InChI is InChI=1S/C53H33N3O.C47H29N3O/c1-3-12-34(13-4-1)35-22-24-38(25-23-35)48-33-47(37-15-5-2-6-16-37)55-53(56-48)40-28-26-39(27-29-40)51-50-44-19-9-10-21-49(44)57-52(50)45-32-41(30-31-46(45)54-51)43-20-11-17-36-14-7-8-18-42(36)43;1-3-13-31(14-4-1)41-29-42(32-15-5-2-6-16-32)50-47(49-41)34-24-22-33(23-25-34)45-44-38-19-9-10-21-43(38)51-46(44)39-28-35(26-27-40(39)48-45)37-20-11-17-30-12-7-8-18-36(30)37/h1-33H;1-29H. The molecule has 8 nitrogen and oxygen atoms in total. The Labute approximate surface area is 621 Å². The lowest BCUT2D eigenvalue weighted by Crippen LogP contribution is -1.96. The van der Waals surface area contributed by atoms with Gasteiger partial charge in [0, 0.05) is 66.1 Å². The van der Waals surface area contributed by atoms with Crippen LogP contribution in [0.5, 0.6) is 0 Å². The summed E-state index contributed by atoms with van der Waals surface area (Å²) in [6.45, 7) is 0. The molecule has 0 aliphatic carbocycles. The molecule has 0 N–H and O–H groups in total. The summed E-state index contributed by atoms with van der Waals surface area (Å²) in [7, 11) is 0. The van der Waals surface area contributed by atoms with Crippen molar-refractivity contribution in [1.82, 2.24) is 29.9 Å². The van der Waals surface area contributed by atoms with Crippen molar-refractivity contribution >= 4 is 87.2 Å². The van der Waals surface area contributed by atoms with Gasteiger partial charge in [-0.25, -0.2) is 29.9 Å². The quantitative estimate of drug-likeness (QED) is 0.126. The summed E-state index contributed by atoms with van der Waals surface area (Å²) in [4.78, 5) is 31.0. The fourth-order valence-corrected chi connectivity index (χ4v) is 15.2. The van der Waals surface area contributed by atoms with Gasteiger partial charge in [0.25, 0.3) is 0 Å². The molecule has 21 rings (SSSR count). The molecule has 0 spiro atoms. The maximum Gasteiger partial charge on any atom is 0.160 e. The maximum absolute atomic E-state index is 6.68. The third-order valence-electron chi connectivity index (χ3n) is 20.6. The van der Waals surface area contributed by atoms with E-state index in [0.717, 1.165) is 155 Å². The van der Waals surface area contributed by atoms with Crippen LogP contribution in [0.4, 0.5) is 0 Å². The van der Waals surface area contributed by atoms with E-state index in [4.69, 9.17) is 38.7 Å². The molecule has 6 aromatic heterocycles. The highest BCUT2D eigenvalue weighted by molar-refractivity contribution is 6.21. The average molecular weight is 1380 g/mol. The van der Waals surface area contributed by atoms with Crippen LogP contribution in [0, 0.1) is 0 Å². The number of para-hydroxylation sites is 2. The van der Waals surface area contributed by atoms with Gasteiger partial charge in [0.15, 0.2) is 11.6 Å². The SMILES string of the molecule is c1ccc(-c2cc(-c3ccccc3)nc(-c3ccc(-c4nc5ccc(-c6cccc7ccccc67)cc5c5oc6ccccc6c45)cc3)n2)cc1.c1ccc(-c2ccc(-c3cc(-c4ccccc4)nc(-c4ccc(-c5nc6ccc(-c7cccc8ccccc78)cc6c6oc7ccccc7c56)cc4)n3)cc2)cc1. The van der Waals surface area contributed by atoms with Crippen molar-refractivity contribution in [2.24, 2.45) is 0 Å². The Bertz CT molecular complexity index is 6940. The van der Waals surface area contributed by atoms with Crippen molar-refractivity contribution in [3.8, 4) is 124 Å². The van der Waals surface area contributed by atoms with Gasteiger partial charge >= 0.3 is 0 Å². The molecule has 15 aromatic carbocycles. The molecular weight excluding hydrogens is 1320 g/mol. The van der Waals surface area contributed by atoms with Crippen LogP contribution in [-0.4, -0.2) is 29.9 Å². The lowest BCUT2D eigenvalue weighted by molar-refractivity contribution is 0.672. The molecule has 21 aromatic rings. The van der Waals surface area contributed by atoms with Crippen LogP contribution in [0.2, 0.25) is 0 Å². The molecule has 0 bridgehead atoms. The Morgan fingerprint density at radius 2 is 0.481 bits per heavy atom. The molecule has 0 saturated heterocycles. The molecule has 8 heteroatoms. The zero-order chi connectivity index (χ0) is 71.4. The first-order chi connectivity index (χ1) is 53.5. The van der Waals surface area contributed by atoms with E-state index in [1.807, 2.05) is 84.9 Å². The minimum atomic E-state index is 0.663. The van der Waals surface area contributed by atoms with Gasteiger partial charge in [-0.05, 0) is 103 Å². The molecule has 0 atom stereocenters. The molecule has 504 valence electrons. The van der Waals surface area contributed by atoms with E-state index in [1.165, 1.54) is 43.8 Å². The van der Waals surface area contributed by atoms with Crippen molar-refractivity contribution in [3.63, 3.8) is 0 Å². The van der Waals surface area contributed by atoms with Gasteiger partial charge < -0.3 is 8.83 Å². The zero-order valence-corrected chi connectivity index (χ0v) is 58.3. The fraction of sp³-hybridized carbons (Fsp3) is 0. The second-order valence-corrected chi connectivity index (χ2v) is 27.2. The monoisotopic (exact) mass is 1380 g/mol. The summed E-state index contributed by atoms with van der Waals surface area (Å²) in [6, 6.07) is 130. The number of benzene rings is 15. The molecule has 108 heavy (non-hydrogen) atoms. The predicted octanol–water partition coefficient (Wildman–Crippen LogP) is 26.5. The van der Waals surface area contributed by atoms with Gasteiger partial charge in [0.2, 0.25) is 0 Å². The maximum atomic E-state index is 6.68. The Hall–Kier alpha value is -14.6. The first kappa shape index (κ1) is 63.1. The third-order valence-corrected chi connectivity index (χ3v) is 20.6. The smallest absolute Gasteiger partial charge is 0.160 e. The summed E-state index contributed by atoms with van der Waals surface area (Å²) in [5.41, 5.74) is 25.4. The molecular formula is C100H62N6O2. The Kier molecular flexibility index (Phi) is 15.7. The number of hydrogen-bond donors (Lipinski definition) is 0. The third kappa shape index (κ3) is 11.6. The molecule has 0 unspecified atom stereocenters. The fourth-order valence-electron chi connectivity index (χ4n) is 15.2. The lowest BCUT2D eigenvalue weighted by Gasteiger charge is -2.12. The number of hydrogen-bond acceptors (Lipinski definition) is 8. The molecule has 0 amide bonds. The number of pyridine rings is 2. The van der Waals surface area contributed by atoms with Crippen LogP contribution >= 0.6 is 0 Å². The number of rotatable bonds is 11. The van der Waals surface area contributed by atoms with Crippen molar-refractivity contribution in [3.05, 3.63) is 376 Å². The van der Waals surface area contributed by atoms with E-state index in [9.17, 15) is 0 Å². The Balaban J connectivity index is 0.000000143. The lowest BCUT2D eigenvalue weighted by atomic mass is 9.96. The van der Waals surface area contributed by atoms with Crippen molar-refractivity contribution < 1.29 is 8.83 Å². The number of fused-ring (bicyclic) bond motifs is 12. The minimum absolute atomic E-state index is 0.663. The number of furan rings is 2. The van der Waals surface area contributed by atoms with Gasteiger partial charge in [0.1, 0.15) is 22.3 Å². The van der Waals surface area contributed by atoms with Gasteiger partial charge in [-0.1, -0.05) is 328 Å². The number of aromatic nitrogens is 6. The summed E-state index contributed by atoms with van der Waals surface area (Å²) < 4.78 is 13.3. The minimum Gasteiger partial charge on any atom is -0.455 e. The normalized spacial score (nSPS) is 11.5. The van der Waals surface area contributed by atoms with Gasteiger partial charge in [-0.15, -0.1) is 0 Å². The summed E-state index contributed by atoms with van der Waals surface area (Å²) in [5, 5.41) is 10.9. The highest BCUT2D eigenvalue weighted by atomic mass is 16.3. The second-order valence-electron chi connectivity index (χ2n) is 27.2. The summed E-state index contributed by atoms with van der Waals surface area (Å²) >= 11 is 0. The van der Waals surface area contributed by atoms with E-state index in [1.54, 1.807) is 0 Å². The largest absolute Gasteiger partial charge is 0.455 e. The summed E-state index contributed by atoms with van der Waals surface area (Å²) in [6.07, 6.45) is 0.